The summed E-state index contributed by atoms with van der Waals surface area (Å²) in [5.41, 5.74) is 0.419. The smallest absolute Gasteiger partial charge is 0.257 e. The Bertz CT molecular complexity index is 714. The number of aromatic nitrogens is 1. The van der Waals surface area contributed by atoms with Crippen molar-refractivity contribution in [2.24, 2.45) is 0 Å². The Balaban J connectivity index is 1.43. The summed E-state index contributed by atoms with van der Waals surface area (Å²) in [4.78, 5) is 18.9. The van der Waals surface area contributed by atoms with Crippen molar-refractivity contribution in [3.63, 3.8) is 0 Å². The number of amides is 1. The SMILES string of the molecule is Cc1occc1C(=O)N1CCC[C@]2(C[C@@H](Nc3nccs3)CO2)C1. The molecule has 1 spiro atoms. The Kier molecular flexibility index (Phi) is 4.05. The molecule has 128 valence electrons. The van der Waals surface area contributed by atoms with E-state index in [1.807, 2.05) is 17.2 Å². The average Bonchev–Trinajstić information content (AvgIpc) is 3.30. The number of nitrogens with zero attached hydrogens (tertiary/aromatic N) is 2. The minimum atomic E-state index is -0.236. The third-order valence-corrected chi connectivity index (χ3v) is 5.59. The summed E-state index contributed by atoms with van der Waals surface area (Å²) in [6.07, 6.45) is 6.24. The first-order valence-electron chi connectivity index (χ1n) is 8.29. The second-order valence-corrected chi connectivity index (χ2v) is 7.49. The van der Waals surface area contributed by atoms with Gasteiger partial charge in [-0.3, -0.25) is 4.79 Å². The minimum Gasteiger partial charge on any atom is -0.469 e. The van der Waals surface area contributed by atoms with Crippen molar-refractivity contribution in [1.29, 1.82) is 0 Å². The first kappa shape index (κ1) is 15.7. The summed E-state index contributed by atoms with van der Waals surface area (Å²) in [6, 6.07) is 2.00. The van der Waals surface area contributed by atoms with Gasteiger partial charge in [-0.05, 0) is 25.8 Å². The van der Waals surface area contributed by atoms with Crippen molar-refractivity contribution in [1.82, 2.24) is 9.88 Å². The van der Waals surface area contributed by atoms with Gasteiger partial charge in [0, 0.05) is 24.5 Å². The van der Waals surface area contributed by atoms with E-state index in [1.165, 1.54) is 0 Å². The highest BCUT2D eigenvalue weighted by Crippen LogP contribution is 2.36. The first-order chi connectivity index (χ1) is 11.7. The molecule has 0 radical (unpaired) electrons. The fourth-order valence-electron chi connectivity index (χ4n) is 3.74. The van der Waals surface area contributed by atoms with Crippen LogP contribution in [0.3, 0.4) is 0 Å². The highest BCUT2D eigenvalue weighted by molar-refractivity contribution is 7.13. The Morgan fingerprint density at radius 3 is 3.21 bits per heavy atom. The molecule has 6 nitrogen and oxygen atoms in total. The second-order valence-electron chi connectivity index (χ2n) is 6.60. The lowest BCUT2D eigenvalue weighted by molar-refractivity contribution is -0.0447. The average molecular weight is 347 g/mol. The lowest BCUT2D eigenvalue weighted by Crippen LogP contribution is -2.50. The number of nitrogens with one attached hydrogen (secondary N) is 1. The van der Waals surface area contributed by atoms with Gasteiger partial charge >= 0.3 is 0 Å². The van der Waals surface area contributed by atoms with Crippen LogP contribution in [0.25, 0.3) is 0 Å². The van der Waals surface area contributed by atoms with E-state index in [0.717, 1.165) is 30.9 Å². The van der Waals surface area contributed by atoms with Crippen molar-refractivity contribution < 1.29 is 13.9 Å². The summed E-state index contributed by atoms with van der Waals surface area (Å²) in [5, 5.41) is 6.33. The van der Waals surface area contributed by atoms with Gasteiger partial charge in [0.1, 0.15) is 5.76 Å². The topological polar surface area (TPSA) is 67.6 Å². The molecule has 0 bridgehead atoms. The summed E-state index contributed by atoms with van der Waals surface area (Å²) in [7, 11) is 0. The quantitative estimate of drug-likeness (QED) is 0.925. The lowest BCUT2D eigenvalue weighted by Gasteiger charge is -2.39. The van der Waals surface area contributed by atoms with Crippen LogP contribution in [0.15, 0.2) is 28.3 Å². The maximum absolute atomic E-state index is 12.7. The van der Waals surface area contributed by atoms with Crippen LogP contribution in [-0.2, 0) is 4.74 Å². The van der Waals surface area contributed by atoms with Crippen LogP contribution in [0, 0.1) is 6.92 Å². The maximum Gasteiger partial charge on any atom is 0.257 e. The Morgan fingerprint density at radius 1 is 1.54 bits per heavy atom. The maximum atomic E-state index is 12.7. The molecule has 0 unspecified atom stereocenters. The van der Waals surface area contributed by atoms with Gasteiger partial charge in [0.25, 0.3) is 5.91 Å². The molecular formula is C17H21N3O3S. The predicted octanol–water partition coefficient (Wildman–Crippen LogP) is 2.92. The summed E-state index contributed by atoms with van der Waals surface area (Å²) >= 11 is 1.60. The molecule has 24 heavy (non-hydrogen) atoms. The summed E-state index contributed by atoms with van der Waals surface area (Å²) < 4.78 is 11.4. The molecule has 2 aliphatic heterocycles. The molecule has 0 aromatic carbocycles. The van der Waals surface area contributed by atoms with E-state index < -0.39 is 0 Å². The molecule has 2 aromatic heterocycles. The fraction of sp³-hybridized carbons (Fsp3) is 0.529. The zero-order valence-corrected chi connectivity index (χ0v) is 14.5. The van der Waals surface area contributed by atoms with E-state index in [-0.39, 0.29) is 17.6 Å². The molecule has 2 fully saturated rings. The molecule has 2 aromatic rings. The summed E-state index contributed by atoms with van der Waals surface area (Å²) in [5.74, 6) is 0.718. The molecular weight excluding hydrogens is 326 g/mol. The van der Waals surface area contributed by atoms with Gasteiger partial charge in [-0.25, -0.2) is 4.98 Å². The zero-order valence-electron chi connectivity index (χ0n) is 13.7. The lowest BCUT2D eigenvalue weighted by atomic mass is 9.88. The normalized spacial score (nSPS) is 26.9. The van der Waals surface area contributed by atoms with Crippen molar-refractivity contribution in [2.45, 2.75) is 37.8 Å². The first-order valence-corrected chi connectivity index (χ1v) is 9.17. The van der Waals surface area contributed by atoms with Crippen LogP contribution in [0.2, 0.25) is 0 Å². The standard InChI is InChI=1S/C17H21N3O3S/c1-12-14(3-7-22-12)15(21)20-6-2-4-17(11-20)9-13(10-23-17)19-16-18-5-8-24-16/h3,5,7-8,13H,2,4,6,9-11H2,1H3,(H,18,19)/t13-,17+/m1/s1. The number of carbonyl (C=O) groups is 1. The molecule has 0 saturated carbocycles. The van der Waals surface area contributed by atoms with E-state index >= 15 is 0 Å². The monoisotopic (exact) mass is 347 g/mol. The van der Waals surface area contributed by atoms with Gasteiger partial charge in [-0.15, -0.1) is 11.3 Å². The van der Waals surface area contributed by atoms with Crippen LogP contribution in [-0.4, -0.2) is 47.1 Å². The second kappa shape index (κ2) is 6.22. The molecule has 4 rings (SSSR count). The highest BCUT2D eigenvalue weighted by atomic mass is 32.1. The number of thiazole rings is 1. The number of carbonyl (C=O) groups excluding carboxylic acids is 1. The van der Waals surface area contributed by atoms with E-state index in [4.69, 9.17) is 9.15 Å². The number of rotatable bonds is 3. The number of likely N-dealkylation sites (tertiary alicyclic amines) is 1. The zero-order chi connectivity index (χ0) is 16.6. The number of hydrogen-bond acceptors (Lipinski definition) is 6. The number of furan rings is 1. The minimum absolute atomic E-state index is 0.0419. The van der Waals surface area contributed by atoms with Crippen LogP contribution in [0.4, 0.5) is 5.13 Å². The number of anilines is 1. The molecule has 2 atom stereocenters. The molecule has 1 amide bonds. The third kappa shape index (κ3) is 2.93. The Labute approximate surface area is 144 Å². The van der Waals surface area contributed by atoms with Crippen LogP contribution >= 0.6 is 11.3 Å². The van der Waals surface area contributed by atoms with Gasteiger partial charge in [-0.1, -0.05) is 0 Å². The molecule has 4 heterocycles. The van der Waals surface area contributed by atoms with Gasteiger partial charge in [0.05, 0.1) is 36.6 Å². The Morgan fingerprint density at radius 2 is 2.46 bits per heavy atom. The molecule has 7 heteroatoms. The third-order valence-electron chi connectivity index (χ3n) is 4.88. The molecule has 0 aliphatic carbocycles. The number of piperidine rings is 1. The van der Waals surface area contributed by atoms with Gasteiger partial charge in [0.2, 0.25) is 0 Å². The van der Waals surface area contributed by atoms with Gasteiger partial charge < -0.3 is 19.4 Å². The Hall–Kier alpha value is -1.86. The van der Waals surface area contributed by atoms with Gasteiger partial charge in [0.15, 0.2) is 5.13 Å². The predicted molar refractivity (Wildman–Crippen MR) is 91.4 cm³/mol. The molecule has 2 aliphatic rings. The molecule has 2 saturated heterocycles. The number of aryl methyl sites for hydroxylation is 1. The van der Waals surface area contributed by atoms with Crippen molar-refractivity contribution in [3.05, 3.63) is 35.2 Å². The fourth-order valence-corrected chi connectivity index (χ4v) is 4.35. The van der Waals surface area contributed by atoms with E-state index in [2.05, 4.69) is 10.3 Å². The molecule has 1 N–H and O–H groups in total. The summed E-state index contributed by atoms with van der Waals surface area (Å²) in [6.45, 7) is 3.91. The van der Waals surface area contributed by atoms with Crippen molar-refractivity contribution in [2.75, 3.05) is 25.0 Å². The van der Waals surface area contributed by atoms with Crippen molar-refractivity contribution >= 4 is 22.4 Å². The van der Waals surface area contributed by atoms with Crippen LogP contribution in [0.5, 0.6) is 0 Å². The van der Waals surface area contributed by atoms with E-state index in [9.17, 15) is 4.79 Å². The van der Waals surface area contributed by atoms with Crippen molar-refractivity contribution in [3.8, 4) is 0 Å². The van der Waals surface area contributed by atoms with E-state index in [0.29, 0.717) is 24.5 Å². The van der Waals surface area contributed by atoms with Crippen LogP contribution in [0.1, 0.15) is 35.4 Å². The largest absolute Gasteiger partial charge is 0.469 e. The number of hydrogen-bond donors (Lipinski definition) is 1. The number of ether oxygens (including phenoxy) is 1. The van der Waals surface area contributed by atoms with Gasteiger partial charge in [-0.2, -0.15) is 0 Å². The highest BCUT2D eigenvalue weighted by Gasteiger charge is 2.45. The van der Waals surface area contributed by atoms with Crippen LogP contribution < -0.4 is 5.32 Å². The van der Waals surface area contributed by atoms with E-state index in [1.54, 1.807) is 29.9 Å².